The fraction of sp³-hybridized carbons (Fsp3) is 0.591. The molecule has 1 aromatic rings. The number of ether oxygens (including phenoxy) is 1. The number of hydrogen-bond donors (Lipinski definition) is 0. The fourth-order valence-electron chi connectivity index (χ4n) is 5.97. The minimum atomic E-state index is -0.374. The average Bonchev–Trinajstić information content (AvgIpc) is 2.52. The Bertz CT molecular complexity index is 606. The molecule has 0 unspecified atom stereocenters. The van der Waals surface area contributed by atoms with Crippen LogP contribution in [0.1, 0.15) is 57.9 Å². The highest BCUT2D eigenvalue weighted by molar-refractivity contribution is 5.87. The summed E-state index contributed by atoms with van der Waals surface area (Å²) in [5.41, 5.74) is 0.862. The molecule has 128 valence electrons. The first kappa shape index (κ1) is 15.9. The summed E-state index contributed by atoms with van der Waals surface area (Å²) in [5.74, 6) is 2.40. The van der Waals surface area contributed by atoms with E-state index in [4.69, 9.17) is 4.74 Å². The minimum Gasteiger partial charge on any atom is -0.456 e. The minimum absolute atomic E-state index is 0.206. The summed E-state index contributed by atoms with van der Waals surface area (Å²) in [6.45, 7) is 4.29. The molecule has 0 radical (unpaired) electrons. The van der Waals surface area contributed by atoms with Crippen molar-refractivity contribution in [3.05, 3.63) is 42.0 Å². The molecule has 0 N–H and O–H groups in total. The summed E-state index contributed by atoms with van der Waals surface area (Å²) >= 11 is 0. The van der Waals surface area contributed by atoms with E-state index in [-0.39, 0.29) is 17.0 Å². The highest BCUT2D eigenvalue weighted by Gasteiger charge is 2.58. The Morgan fingerprint density at radius 2 is 1.58 bits per heavy atom. The quantitative estimate of drug-likeness (QED) is 0.559. The van der Waals surface area contributed by atoms with Gasteiger partial charge in [-0.05, 0) is 81.8 Å². The van der Waals surface area contributed by atoms with E-state index in [2.05, 4.69) is 13.8 Å². The lowest BCUT2D eigenvalue weighted by molar-refractivity contribution is -0.194. The van der Waals surface area contributed by atoms with Gasteiger partial charge in [-0.15, -0.1) is 0 Å². The lowest BCUT2D eigenvalue weighted by Gasteiger charge is -2.61. The molecule has 0 aromatic heterocycles. The summed E-state index contributed by atoms with van der Waals surface area (Å²) < 4.78 is 6.02. The molecule has 0 heterocycles. The first-order chi connectivity index (χ1) is 11.5. The second-order valence-electron chi connectivity index (χ2n) is 8.87. The summed E-state index contributed by atoms with van der Waals surface area (Å²) in [5, 5.41) is 0. The third-order valence-corrected chi connectivity index (χ3v) is 6.88. The van der Waals surface area contributed by atoms with Crippen LogP contribution in [0.15, 0.2) is 36.4 Å². The van der Waals surface area contributed by atoms with Crippen molar-refractivity contribution in [2.45, 2.75) is 58.0 Å². The van der Waals surface area contributed by atoms with Crippen molar-refractivity contribution in [1.29, 1.82) is 0 Å². The van der Waals surface area contributed by atoms with Crippen LogP contribution in [0.4, 0.5) is 0 Å². The lowest BCUT2D eigenvalue weighted by atomic mass is 9.46. The number of rotatable bonds is 4. The van der Waals surface area contributed by atoms with Crippen LogP contribution >= 0.6 is 0 Å². The van der Waals surface area contributed by atoms with Gasteiger partial charge in [0.1, 0.15) is 5.60 Å². The molecule has 2 heteroatoms. The van der Waals surface area contributed by atoms with E-state index in [0.717, 1.165) is 23.3 Å². The number of carbonyl (C=O) groups excluding carboxylic acids is 1. The Labute approximate surface area is 145 Å². The van der Waals surface area contributed by atoms with Gasteiger partial charge in [0.25, 0.3) is 0 Å². The zero-order valence-corrected chi connectivity index (χ0v) is 14.8. The van der Waals surface area contributed by atoms with Crippen LogP contribution in [0.2, 0.25) is 0 Å². The second kappa shape index (κ2) is 5.75. The molecule has 4 bridgehead atoms. The maximum atomic E-state index is 12.4. The van der Waals surface area contributed by atoms with Crippen LogP contribution in [0, 0.1) is 23.2 Å². The van der Waals surface area contributed by atoms with Crippen molar-refractivity contribution in [3.8, 4) is 0 Å². The SMILES string of the molecule is CC(C)(OC(=O)C=Cc1ccccc1)C12CC3CC(CC(C3)C1)C2. The molecule has 0 spiro atoms. The first-order valence-electron chi connectivity index (χ1n) is 9.42. The lowest BCUT2D eigenvalue weighted by Crippen LogP contribution is -2.57. The molecule has 2 nitrogen and oxygen atoms in total. The van der Waals surface area contributed by atoms with E-state index in [9.17, 15) is 4.79 Å². The fourth-order valence-corrected chi connectivity index (χ4v) is 5.97. The van der Waals surface area contributed by atoms with E-state index >= 15 is 0 Å². The third-order valence-electron chi connectivity index (χ3n) is 6.88. The van der Waals surface area contributed by atoms with Crippen molar-refractivity contribution >= 4 is 12.0 Å². The maximum absolute atomic E-state index is 12.4. The smallest absolute Gasteiger partial charge is 0.331 e. The normalized spacial score (nSPS) is 34.7. The number of esters is 1. The Balaban J connectivity index is 1.47. The molecule has 4 aliphatic carbocycles. The molecule has 0 atom stereocenters. The van der Waals surface area contributed by atoms with Gasteiger partial charge in [0.2, 0.25) is 0 Å². The van der Waals surface area contributed by atoms with E-state index in [0.29, 0.717) is 0 Å². The van der Waals surface area contributed by atoms with Crippen molar-refractivity contribution < 1.29 is 9.53 Å². The predicted octanol–water partition coefficient (Wildman–Crippen LogP) is 5.24. The highest BCUT2D eigenvalue weighted by atomic mass is 16.6. The largest absolute Gasteiger partial charge is 0.456 e. The molecule has 0 amide bonds. The summed E-state index contributed by atoms with van der Waals surface area (Å²) in [7, 11) is 0. The average molecular weight is 324 g/mol. The topological polar surface area (TPSA) is 26.3 Å². The Hall–Kier alpha value is -1.57. The Morgan fingerprint density at radius 3 is 2.12 bits per heavy atom. The summed E-state index contributed by atoms with van der Waals surface area (Å²) in [6, 6.07) is 9.92. The van der Waals surface area contributed by atoms with Gasteiger partial charge < -0.3 is 4.74 Å². The van der Waals surface area contributed by atoms with Crippen LogP contribution in [-0.2, 0) is 9.53 Å². The zero-order valence-electron chi connectivity index (χ0n) is 14.8. The van der Waals surface area contributed by atoms with E-state index < -0.39 is 0 Å². The predicted molar refractivity (Wildman–Crippen MR) is 96.3 cm³/mol. The van der Waals surface area contributed by atoms with Gasteiger partial charge >= 0.3 is 5.97 Å². The van der Waals surface area contributed by atoms with E-state index in [1.165, 1.54) is 38.5 Å². The number of benzene rings is 1. The standard InChI is InChI=1S/C22H28O2/c1-21(2,24-20(23)9-8-16-6-4-3-5-7-16)22-13-17-10-18(14-22)12-19(11-17)15-22/h3-9,17-19H,10-15H2,1-2H3. The van der Waals surface area contributed by atoms with E-state index in [1.54, 1.807) is 6.08 Å². The van der Waals surface area contributed by atoms with Crippen LogP contribution in [0.5, 0.6) is 0 Å². The second-order valence-corrected chi connectivity index (χ2v) is 8.87. The highest BCUT2D eigenvalue weighted by Crippen LogP contribution is 2.64. The van der Waals surface area contributed by atoms with Crippen LogP contribution in [0.25, 0.3) is 6.08 Å². The molecule has 4 saturated carbocycles. The van der Waals surface area contributed by atoms with Crippen LogP contribution < -0.4 is 0 Å². The molecule has 24 heavy (non-hydrogen) atoms. The van der Waals surface area contributed by atoms with Gasteiger partial charge in [-0.3, -0.25) is 0 Å². The van der Waals surface area contributed by atoms with Gasteiger partial charge in [0, 0.05) is 11.5 Å². The van der Waals surface area contributed by atoms with Crippen molar-refractivity contribution in [3.63, 3.8) is 0 Å². The molecule has 0 saturated heterocycles. The van der Waals surface area contributed by atoms with Gasteiger partial charge in [-0.25, -0.2) is 4.79 Å². The Kier molecular flexibility index (Phi) is 3.82. The molecule has 4 fully saturated rings. The van der Waals surface area contributed by atoms with Crippen molar-refractivity contribution in [2.24, 2.45) is 23.2 Å². The number of carbonyl (C=O) groups is 1. The van der Waals surface area contributed by atoms with E-state index in [1.807, 2.05) is 36.4 Å². The Morgan fingerprint density at radius 1 is 1.04 bits per heavy atom. The van der Waals surface area contributed by atoms with Crippen LogP contribution in [-0.4, -0.2) is 11.6 Å². The number of hydrogen-bond acceptors (Lipinski definition) is 2. The monoisotopic (exact) mass is 324 g/mol. The first-order valence-corrected chi connectivity index (χ1v) is 9.42. The summed E-state index contributed by atoms with van der Waals surface area (Å²) in [4.78, 5) is 12.4. The zero-order chi connectivity index (χ0) is 16.8. The third kappa shape index (κ3) is 2.81. The molecule has 0 aliphatic heterocycles. The van der Waals surface area contributed by atoms with Gasteiger partial charge in [-0.1, -0.05) is 30.3 Å². The molecule has 1 aromatic carbocycles. The van der Waals surface area contributed by atoms with Gasteiger partial charge in [-0.2, -0.15) is 0 Å². The van der Waals surface area contributed by atoms with Gasteiger partial charge in [0.05, 0.1) is 0 Å². The molecule has 4 aliphatic rings. The van der Waals surface area contributed by atoms with Crippen LogP contribution in [0.3, 0.4) is 0 Å². The summed E-state index contributed by atoms with van der Waals surface area (Å²) in [6.07, 6.45) is 11.4. The molecular formula is C22H28O2. The van der Waals surface area contributed by atoms with Gasteiger partial charge in [0.15, 0.2) is 0 Å². The molecule has 5 rings (SSSR count). The maximum Gasteiger partial charge on any atom is 0.331 e. The van der Waals surface area contributed by atoms with Crippen molar-refractivity contribution in [2.75, 3.05) is 0 Å². The van der Waals surface area contributed by atoms with Crippen molar-refractivity contribution in [1.82, 2.24) is 0 Å². The molecular weight excluding hydrogens is 296 g/mol.